The summed E-state index contributed by atoms with van der Waals surface area (Å²) in [5.41, 5.74) is 2.09. The van der Waals surface area contributed by atoms with Crippen LogP contribution in [0, 0.1) is 5.92 Å². The molecule has 2 saturated heterocycles. The number of likely N-dealkylation sites (tertiary alicyclic amines) is 1. The quantitative estimate of drug-likeness (QED) is 0.922. The van der Waals surface area contributed by atoms with Gasteiger partial charge in [-0.2, -0.15) is 0 Å². The van der Waals surface area contributed by atoms with Crippen molar-refractivity contribution in [2.75, 3.05) is 31.1 Å². The second-order valence-electron chi connectivity index (χ2n) is 7.08. The first kappa shape index (κ1) is 15.5. The van der Waals surface area contributed by atoms with Crippen LogP contribution in [0.15, 0.2) is 24.3 Å². The molecule has 4 rings (SSSR count). The molecule has 0 atom stereocenters. The maximum absolute atomic E-state index is 12.8. The molecule has 0 spiro atoms. The van der Waals surface area contributed by atoms with E-state index in [1.54, 1.807) is 0 Å². The van der Waals surface area contributed by atoms with Gasteiger partial charge in [0.25, 0.3) is 0 Å². The van der Waals surface area contributed by atoms with Gasteiger partial charge in [-0.3, -0.25) is 4.79 Å². The van der Waals surface area contributed by atoms with E-state index >= 15 is 0 Å². The van der Waals surface area contributed by atoms with Crippen LogP contribution >= 0.6 is 0 Å². The molecule has 2 aliphatic heterocycles. The third-order valence-corrected chi connectivity index (χ3v) is 5.44. The zero-order chi connectivity index (χ0) is 16.4. The lowest BCUT2D eigenvalue weighted by molar-refractivity contribution is -0.136. The van der Waals surface area contributed by atoms with E-state index in [0.29, 0.717) is 5.91 Å². The van der Waals surface area contributed by atoms with Crippen LogP contribution in [0.1, 0.15) is 38.5 Å². The maximum Gasteiger partial charge on any atom is 0.225 e. The first-order valence-electron chi connectivity index (χ1n) is 9.30. The molecule has 128 valence electrons. The Hall–Kier alpha value is -2.04. The lowest BCUT2D eigenvalue weighted by atomic mass is 9.95. The number of nitrogens with zero attached hydrogens (tertiary/aromatic N) is 3. The SMILES string of the molecule is O=C(C1CCN(c2nc3ccccc3[nH]2)CC1)N1CCCCCC1. The normalized spacial score (nSPS) is 20.3. The van der Waals surface area contributed by atoms with Gasteiger partial charge in [0.05, 0.1) is 11.0 Å². The molecular formula is C19H26N4O. The second kappa shape index (κ2) is 6.83. The summed E-state index contributed by atoms with van der Waals surface area (Å²) in [4.78, 5) is 25.3. The van der Waals surface area contributed by atoms with Gasteiger partial charge in [0.1, 0.15) is 0 Å². The number of imidazole rings is 1. The van der Waals surface area contributed by atoms with Crippen LogP contribution in [0.4, 0.5) is 5.95 Å². The number of aromatic nitrogens is 2. The zero-order valence-corrected chi connectivity index (χ0v) is 14.2. The zero-order valence-electron chi connectivity index (χ0n) is 14.2. The van der Waals surface area contributed by atoms with Crippen LogP contribution < -0.4 is 4.90 Å². The topological polar surface area (TPSA) is 52.2 Å². The Labute approximate surface area is 143 Å². The average molecular weight is 326 g/mol. The summed E-state index contributed by atoms with van der Waals surface area (Å²) in [6, 6.07) is 8.13. The Morgan fingerprint density at radius 2 is 1.71 bits per heavy atom. The number of hydrogen-bond acceptors (Lipinski definition) is 3. The van der Waals surface area contributed by atoms with E-state index < -0.39 is 0 Å². The van der Waals surface area contributed by atoms with E-state index in [-0.39, 0.29) is 5.92 Å². The standard InChI is InChI=1S/C19H26N4O/c24-18(22-11-5-1-2-6-12-22)15-9-13-23(14-10-15)19-20-16-7-3-4-8-17(16)21-19/h3-4,7-8,15H,1-2,5-6,9-14H2,(H,20,21). The smallest absolute Gasteiger partial charge is 0.225 e. The highest BCUT2D eigenvalue weighted by atomic mass is 16.2. The third-order valence-electron chi connectivity index (χ3n) is 5.44. The number of nitrogens with one attached hydrogen (secondary N) is 1. The fraction of sp³-hybridized carbons (Fsp3) is 0.579. The summed E-state index contributed by atoms with van der Waals surface area (Å²) in [5.74, 6) is 1.53. The lowest BCUT2D eigenvalue weighted by Gasteiger charge is -2.33. The van der Waals surface area contributed by atoms with E-state index in [1.807, 2.05) is 18.2 Å². The van der Waals surface area contributed by atoms with Gasteiger partial charge in [-0.15, -0.1) is 0 Å². The van der Waals surface area contributed by atoms with Crippen LogP contribution in [0.25, 0.3) is 11.0 Å². The van der Waals surface area contributed by atoms with Gasteiger partial charge < -0.3 is 14.8 Å². The number of aromatic amines is 1. The molecule has 24 heavy (non-hydrogen) atoms. The Kier molecular flexibility index (Phi) is 4.41. The lowest BCUT2D eigenvalue weighted by Crippen LogP contribution is -2.43. The predicted molar refractivity (Wildman–Crippen MR) is 96.1 cm³/mol. The molecule has 0 unspecified atom stereocenters. The fourth-order valence-electron chi connectivity index (χ4n) is 3.98. The highest BCUT2D eigenvalue weighted by Gasteiger charge is 2.29. The Morgan fingerprint density at radius 3 is 2.42 bits per heavy atom. The molecule has 1 amide bonds. The van der Waals surface area contributed by atoms with Crippen molar-refractivity contribution in [1.29, 1.82) is 0 Å². The minimum atomic E-state index is 0.198. The molecule has 5 heteroatoms. The molecule has 0 saturated carbocycles. The number of carbonyl (C=O) groups excluding carboxylic acids is 1. The third kappa shape index (κ3) is 3.12. The van der Waals surface area contributed by atoms with Crippen LogP contribution in [0.3, 0.4) is 0 Å². The van der Waals surface area contributed by atoms with Crippen molar-refractivity contribution in [2.45, 2.75) is 38.5 Å². The summed E-state index contributed by atoms with van der Waals surface area (Å²) < 4.78 is 0. The van der Waals surface area contributed by atoms with Gasteiger partial charge in [-0.1, -0.05) is 25.0 Å². The molecule has 0 radical (unpaired) electrons. The molecule has 5 nitrogen and oxygen atoms in total. The minimum absolute atomic E-state index is 0.198. The number of anilines is 1. The van der Waals surface area contributed by atoms with E-state index in [4.69, 9.17) is 0 Å². The average Bonchev–Trinajstić information content (AvgIpc) is 2.87. The Balaban J connectivity index is 1.38. The number of benzene rings is 1. The van der Waals surface area contributed by atoms with Crippen molar-refractivity contribution in [3.05, 3.63) is 24.3 Å². The van der Waals surface area contributed by atoms with Crippen LogP contribution in [0.5, 0.6) is 0 Å². The van der Waals surface area contributed by atoms with Gasteiger partial charge in [-0.05, 0) is 37.8 Å². The summed E-state index contributed by atoms with van der Waals surface area (Å²) in [6.07, 6.45) is 6.76. The molecule has 2 aliphatic rings. The number of fused-ring (bicyclic) bond motifs is 1. The Bertz CT molecular complexity index is 661. The molecule has 1 aromatic heterocycles. The number of para-hydroxylation sites is 2. The number of carbonyl (C=O) groups is 1. The van der Waals surface area contributed by atoms with Crippen molar-refractivity contribution in [3.8, 4) is 0 Å². The van der Waals surface area contributed by atoms with Crippen molar-refractivity contribution in [3.63, 3.8) is 0 Å². The van der Waals surface area contributed by atoms with Crippen LogP contribution in [0.2, 0.25) is 0 Å². The number of amides is 1. The second-order valence-corrected chi connectivity index (χ2v) is 7.08. The van der Waals surface area contributed by atoms with E-state index in [1.165, 1.54) is 25.7 Å². The number of H-pyrrole nitrogens is 1. The highest BCUT2D eigenvalue weighted by molar-refractivity contribution is 5.80. The van der Waals surface area contributed by atoms with Crippen molar-refractivity contribution in [2.24, 2.45) is 5.92 Å². The van der Waals surface area contributed by atoms with E-state index in [9.17, 15) is 4.79 Å². The summed E-state index contributed by atoms with van der Waals surface area (Å²) >= 11 is 0. The Morgan fingerprint density at radius 1 is 1.00 bits per heavy atom. The molecule has 1 aromatic carbocycles. The van der Waals surface area contributed by atoms with Gasteiger partial charge in [-0.25, -0.2) is 4.98 Å². The molecular weight excluding hydrogens is 300 g/mol. The largest absolute Gasteiger partial charge is 0.342 e. The molecule has 0 aliphatic carbocycles. The first-order chi connectivity index (χ1) is 11.8. The van der Waals surface area contributed by atoms with Gasteiger partial charge in [0, 0.05) is 32.1 Å². The number of piperidine rings is 1. The van der Waals surface area contributed by atoms with Crippen LogP contribution in [-0.2, 0) is 4.79 Å². The van der Waals surface area contributed by atoms with E-state index in [2.05, 4.69) is 25.8 Å². The highest BCUT2D eigenvalue weighted by Crippen LogP contribution is 2.25. The molecule has 3 heterocycles. The van der Waals surface area contributed by atoms with Crippen molar-refractivity contribution < 1.29 is 4.79 Å². The fourth-order valence-corrected chi connectivity index (χ4v) is 3.98. The monoisotopic (exact) mass is 326 g/mol. The van der Waals surface area contributed by atoms with Crippen molar-refractivity contribution >= 4 is 22.9 Å². The summed E-state index contributed by atoms with van der Waals surface area (Å²) in [7, 11) is 0. The summed E-state index contributed by atoms with van der Waals surface area (Å²) in [6.45, 7) is 3.74. The molecule has 2 aromatic rings. The van der Waals surface area contributed by atoms with Crippen molar-refractivity contribution in [1.82, 2.24) is 14.9 Å². The van der Waals surface area contributed by atoms with Crippen LogP contribution in [-0.4, -0.2) is 47.0 Å². The minimum Gasteiger partial charge on any atom is -0.342 e. The van der Waals surface area contributed by atoms with Gasteiger partial charge in [0.15, 0.2) is 0 Å². The van der Waals surface area contributed by atoms with Gasteiger partial charge >= 0.3 is 0 Å². The van der Waals surface area contributed by atoms with E-state index in [0.717, 1.165) is 56.0 Å². The first-order valence-corrected chi connectivity index (χ1v) is 9.30. The number of hydrogen-bond donors (Lipinski definition) is 1. The molecule has 1 N–H and O–H groups in total. The predicted octanol–water partition coefficient (Wildman–Crippen LogP) is 3.18. The van der Waals surface area contributed by atoms with Gasteiger partial charge in [0.2, 0.25) is 11.9 Å². The number of rotatable bonds is 2. The maximum atomic E-state index is 12.8. The molecule has 2 fully saturated rings. The summed E-state index contributed by atoms with van der Waals surface area (Å²) in [5, 5.41) is 0. The molecule has 0 bridgehead atoms.